The van der Waals surface area contributed by atoms with E-state index in [0.717, 1.165) is 10.1 Å². The number of anilines is 1. The van der Waals surface area contributed by atoms with Gasteiger partial charge in [-0.15, -0.1) is 0 Å². The van der Waals surface area contributed by atoms with Crippen LogP contribution < -0.4 is 21.3 Å². The van der Waals surface area contributed by atoms with E-state index >= 15 is 0 Å². The first-order chi connectivity index (χ1) is 12.4. The summed E-state index contributed by atoms with van der Waals surface area (Å²) in [6, 6.07) is 7.15. The van der Waals surface area contributed by atoms with Crippen molar-refractivity contribution in [3.63, 3.8) is 0 Å². The molecule has 0 saturated heterocycles. The van der Waals surface area contributed by atoms with Gasteiger partial charge in [-0.25, -0.2) is 9.59 Å². The first kappa shape index (κ1) is 16.2. The highest BCUT2D eigenvalue weighted by molar-refractivity contribution is 5.96. The normalized spacial score (nSPS) is 18.1. The standard InChI is InChI=1S/C18H17N3O5/c1-20-15-14(16(22)21(2)18(20)24)12(9-4-6-10(25-3)7-5-9)13-11(19-15)8-26-17(13)23/h4-7,12,19H,8H2,1-3H3. The fourth-order valence-corrected chi connectivity index (χ4v) is 3.51. The van der Waals surface area contributed by atoms with Crippen LogP contribution >= 0.6 is 0 Å². The number of hydrogen-bond donors (Lipinski definition) is 1. The Labute approximate surface area is 148 Å². The van der Waals surface area contributed by atoms with Crippen LogP contribution in [0.25, 0.3) is 0 Å². The molecule has 0 bridgehead atoms. The van der Waals surface area contributed by atoms with E-state index in [1.807, 2.05) is 0 Å². The van der Waals surface area contributed by atoms with Crippen LogP contribution in [0.5, 0.6) is 5.75 Å². The van der Waals surface area contributed by atoms with Gasteiger partial charge in [0.25, 0.3) is 5.56 Å². The number of hydrogen-bond acceptors (Lipinski definition) is 6. The van der Waals surface area contributed by atoms with Crippen LogP contribution in [0.3, 0.4) is 0 Å². The Morgan fingerprint density at radius 2 is 1.81 bits per heavy atom. The Morgan fingerprint density at radius 3 is 2.46 bits per heavy atom. The van der Waals surface area contributed by atoms with Crippen LogP contribution in [0.4, 0.5) is 5.82 Å². The lowest BCUT2D eigenvalue weighted by molar-refractivity contribution is -0.136. The highest BCUT2D eigenvalue weighted by atomic mass is 16.5. The van der Waals surface area contributed by atoms with Crippen LogP contribution in [0, 0.1) is 0 Å². The molecule has 0 aliphatic carbocycles. The number of ether oxygens (including phenoxy) is 2. The SMILES string of the molecule is COc1ccc(C2C3=C(COC3=O)Nc3c2c(=O)n(C)c(=O)n3C)cc1. The van der Waals surface area contributed by atoms with Gasteiger partial charge in [0.05, 0.1) is 29.9 Å². The van der Waals surface area contributed by atoms with Gasteiger partial charge in [0.2, 0.25) is 0 Å². The second-order valence-corrected chi connectivity index (χ2v) is 6.27. The zero-order chi connectivity index (χ0) is 18.6. The smallest absolute Gasteiger partial charge is 0.337 e. The molecule has 1 aromatic carbocycles. The monoisotopic (exact) mass is 355 g/mol. The van der Waals surface area contributed by atoms with Crippen molar-refractivity contribution in [1.29, 1.82) is 0 Å². The summed E-state index contributed by atoms with van der Waals surface area (Å²) in [5.74, 6) is -0.0297. The molecule has 8 nitrogen and oxygen atoms in total. The largest absolute Gasteiger partial charge is 0.497 e. The zero-order valence-corrected chi connectivity index (χ0v) is 14.5. The van der Waals surface area contributed by atoms with Gasteiger partial charge in [-0.05, 0) is 17.7 Å². The van der Waals surface area contributed by atoms with Crippen molar-refractivity contribution in [3.05, 3.63) is 67.5 Å². The van der Waals surface area contributed by atoms with Gasteiger partial charge in [0, 0.05) is 14.1 Å². The number of benzene rings is 1. The topological polar surface area (TPSA) is 91.6 Å². The minimum Gasteiger partial charge on any atom is -0.497 e. The maximum atomic E-state index is 12.9. The number of methoxy groups -OCH3 is 1. The highest BCUT2D eigenvalue weighted by Crippen LogP contribution is 2.42. The van der Waals surface area contributed by atoms with Crippen molar-refractivity contribution < 1.29 is 14.3 Å². The van der Waals surface area contributed by atoms with Gasteiger partial charge in [-0.1, -0.05) is 12.1 Å². The lowest BCUT2D eigenvalue weighted by atomic mass is 9.82. The number of nitrogens with zero attached hydrogens (tertiary/aromatic N) is 2. The predicted molar refractivity (Wildman–Crippen MR) is 93.4 cm³/mol. The Bertz CT molecular complexity index is 1080. The van der Waals surface area contributed by atoms with Crippen molar-refractivity contribution in [2.24, 2.45) is 14.1 Å². The molecule has 2 aliphatic rings. The van der Waals surface area contributed by atoms with E-state index in [1.165, 1.54) is 11.6 Å². The second-order valence-electron chi connectivity index (χ2n) is 6.27. The number of rotatable bonds is 2. The number of fused-ring (bicyclic) bond motifs is 1. The number of esters is 1. The third-order valence-electron chi connectivity index (χ3n) is 4.89. The molecule has 1 unspecified atom stereocenters. The summed E-state index contributed by atoms with van der Waals surface area (Å²) in [5, 5.41) is 3.05. The van der Waals surface area contributed by atoms with Crippen molar-refractivity contribution in [2.75, 3.05) is 19.0 Å². The summed E-state index contributed by atoms with van der Waals surface area (Å²) in [6.45, 7) is 0.0870. The summed E-state index contributed by atoms with van der Waals surface area (Å²) in [5.41, 5.74) is 1.18. The number of carbonyl (C=O) groups excluding carboxylic acids is 1. The molecule has 26 heavy (non-hydrogen) atoms. The van der Waals surface area contributed by atoms with Gasteiger partial charge in [-0.3, -0.25) is 13.9 Å². The molecule has 8 heteroatoms. The van der Waals surface area contributed by atoms with Crippen molar-refractivity contribution in [2.45, 2.75) is 5.92 Å². The first-order valence-corrected chi connectivity index (χ1v) is 8.05. The molecule has 1 N–H and O–H groups in total. The van der Waals surface area contributed by atoms with Gasteiger partial charge >= 0.3 is 11.7 Å². The van der Waals surface area contributed by atoms with Crippen LogP contribution in [-0.2, 0) is 23.6 Å². The lowest BCUT2D eigenvalue weighted by Crippen LogP contribution is -2.43. The third kappa shape index (κ3) is 2.11. The summed E-state index contributed by atoms with van der Waals surface area (Å²) >= 11 is 0. The number of cyclic esters (lactones) is 1. The van der Waals surface area contributed by atoms with Crippen LogP contribution in [0.1, 0.15) is 17.0 Å². The molecule has 2 aliphatic heterocycles. The molecule has 1 atom stereocenters. The van der Waals surface area contributed by atoms with E-state index in [2.05, 4.69) is 5.32 Å². The summed E-state index contributed by atoms with van der Waals surface area (Å²) in [6.07, 6.45) is 0. The molecule has 4 rings (SSSR count). The van der Waals surface area contributed by atoms with E-state index in [1.54, 1.807) is 38.4 Å². The molecule has 0 spiro atoms. The van der Waals surface area contributed by atoms with Gasteiger partial charge in [-0.2, -0.15) is 0 Å². The molecule has 0 radical (unpaired) electrons. The molecule has 0 fully saturated rings. The van der Waals surface area contributed by atoms with E-state index in [-0.39, 0.29) is 6.61 Å². The maximum absolute atomic E-state index is 12.9. The number of aromatic nitrogens is 2. The highest BCUT2D eigenvalue weighted by Gasteiger charge is 2.41. The fraction of sp³-hybridized carbons (Fsp3) is 0.278. The number of carbonyl (C=O) groups is 1. The molecule has 0 saturated carbocycles. The molecular formula is C18H17N3O5. The molecule has 3 heterocycles. The van der Waals surface area contributed by atoms with E-state index in [9.17, 15) is 14.4 Å². The Kier molecular flexibility index (Phi) is 3.50. The second kappa shape index (κ2) is 5.62. The van der Waals surface area contributed by atoms with Crippen LogP contribution in [-0.4, -0.2) is 28.8 Å². The fourth-order valence-electron chi connectivity index (χ4n) is 3.51. The van der Waals surface area contributed by atoms with Gasteiger partial charge < -0.3 is 14.8 Å². The Balaban J connectivity index is 2.03. The molecule has 2 aromatic rings. The lowest BCUT2D eigenvalue weighted by Gasteiger charge is -2.28. The van der Waals surface area contributed by atoms with Gasteiger partial charge in [0.1, 0.15) is 18.2 Å². The molecular weight excluding hydrogens is 338 g/mol. The molecule has 134 valence electrons. The van der Waals surface area contributed by atoms with Crippen LogP contribution in [0.2, 0.25) is 0 Å². The van der Waals surface area contributed by atoms with E-state index in [4.69, 9.17) is 9.47 Å². The quantitative estimate of drug-likeness (QED) is 0.787. The van der Waals surface area contributed by atoms with Gasteiger partial charge in [0.15, 0.2) is 0 Å². The van der Waals surface area contributed by atoms with Crippen molar-refractivity contribution >= 4 is 11.8 Å². The average molecular weight is 355 g/mol. The Hall–Kier alpha value is -3.29. The molecule has 1 aromatic heterocycles. The zero-order valence-electron chi connectivity index (χ0n) is 14.5. The summed E-state index contributed by atoms with van der Waals surface area (Å²) < 4.78 is 12.8. The van der Waals surface area contributed by atoms with Crippen molar-refractivity contribution in [1.82, 2.24) is 9.13 Å². The maximum Gasteiger partial charge on any atom is 0.337 e. The van der Waals surface area contributed by atoms with E-state index in [0.29, 0.717) is 28.4 Å². The van der Waals surface area contributed by atoms with Crippen molar-refractivity contribution in [3.8, 4) is 5.75 Å². The average Bonchev–Trinajstić information content (AvgIpc) is 3.04. The third-order valence-corrected chi connectivity index (χ3v) is 4.89. The predicted octanol–water partition coefficient (Wildman–Crippen LogP) is 0.461. The summed E-state index contributed by atoms with van der Waals surface area (Å²) in [7, 11) is 4.57. The number of nitrogens with one attached hydrogen (secondary N) is 1. The first-order valence-electron chi connectivity index (χ1n) is 8.05. The van der Waals surface area contributed by atoms with E-state index < -0.39 is 23.1 Å². The van der Waals surface area contributed by atoms with Crippen LogP contribution in [0.15, 0.2) is 45.1 Å². The Morgan fingerprint density at radius 1 is 1.12 bits per heavy atom. The minimum absolute atomic E-state index is 0.0870. The summed E-state index contributed by atoms with van der Waals surface area (Å²) in [4.78, 5) is 37.5. The molecule has 0 amide bonds. The minimum atomic E-state index is -0.618.